The van der Waals surface area contributed by atoms with Crippen molar-refractivity contribution in [1.29, 1.82) is 0 Å². The van der Waals surface area contributed by atoms with Crippen molar-refractivity contribution in [3.8, 4) is 0 Å². The van der Waals surface area contributed by atoms with E-state index in [0.29, 0.717) is 11.1 Å². The maximum Gasteiger partial charge on any atom is 0.270 e. The number of carbonyl (C=O) groups excluding carboxylic acids is 1. The fourth-order valence-electron chi connectivity index (χ4n) is 1.54. The Balaban J connectivity index is 2.51. The minimum absolute atomic E-state index is 0.143. The van der Waals surface area contributed by atoms with E-state index in [1.807, 2.05) is 0 Å². The molecule has 1 aromatic carbocycles. The lowest BCUT2D eigenvalue weighted by Gasteiger charge is -2.07. The zero-order chi connectivity index (χ0) is 13.3. The standard InChI is InChI=1S/C12H13N3O3/c1-6(2)10(16)13-7-3-4-8-9(5-7)12(18)15-14-11(8)17/h3-6H,1-2H3,(H,13,16)(H,14,17)(H,15,18). The summed E-state index contributed by atoms with van der Waals surface area (Å²) in [6, 6.07) is 4.60. The molecule has 94 valence electrons. The third kappa shape index (κ3) is 2.17. The second-order valence-electron chi connectivity index (χ2n) is 4.31. The molecule has 3 N–H and O–H groups in total. The summed E-state index contributed by atoms with van der Waals surface area (Å²) in [6.45, 7) is 3.54. The van der Waals surface area contributed by atoms with E-state index in [9.17, 15) is 14.4 Å². The molecule has 0 saturated heterocycles. The van der Waals surface area contributed by atoms with Gasteiger partial charge in [0.2, 0.25) is 5.91 Å². The van der Waals surface area contributed by atoms with Crippen LogP contribution in [0.1, 0.15) is 13.8 Å². The Labute approximate surface area is 102 Å². The Morgan fingerprint density at radius 2 is 1.72 bits per heavy atom. The quantitative estimate of drug-likeness (QED) is 0.732. The molecule has 18 heavy (non-hydrogen) atoms. The number of fused-ring (bicyclic) bond motifs is 1. The molecule has 0 fully saturated rings. The first kappa shape index (κ1) is 12.1. The summed E-state index contributed by atoms with van der Waals surface area (Å²) in [4.78, 5) is 34.6. The van der Waals surface area contributed by atoms with Gasteiger partial charge in [-0.25, -0.2) is 0 Å². The number of aromatic nitrogens is 2. The summed E-state index contributed by atoms with van der Waals surface area (Å²) in [7, 11) is 0. The molecular formula is C12H13N3O3. The molecule has 0 aliphatic rings. The molecule has 0 aliphatic heterocycles. The van der Waals surface area contributed by atoms with Crippen LogP contribution in [-0.4, -0.2) is 16.1 Å². The van der Waals surface area contributed by atoms with Crippen LogP contribution in [0.25, 0.3) is 10.8 Å². The first-order chi connectivity index (χ1) is 8.49. The van der Waals surface area contributed by atoms with Crippen molar-refractivity contribution in [1.82, 2.24) is 10.2 Å². The number of benzene rings is 1. The second kappa shape index (κ2) is 4.48. The average molecular weight is 247 g/mol. The van der Waals surface area contributed by atoms with Gasteiger partial charge in [0.15, 0.2) is 0 Å². The van der Waals surface area contributed by atoms with Crippen molar-refractivity contribution >= 4 is 22.4 Å². The first-order valence-electron chi connectivity index (χ1n) is 5.54. The SMILES string of the molecule is CC(C)C(=O)Nc1ccc2c(=O)[nH][nH]c(=O)c2c1. The van der Waals surface area contributed by atoms with Crippen LogP contribution < -0.4 is 16.4 Å². The fraction of sp³-hybridized carbons (Fsp3) is 0.250. The van der Waals surface area contributed by atoms with E-state index < -0.39 is 5.56 Å². The topological polar surface area (TPSA) is 94.8 Å². The summed E-state index contributed by atoms with van der Waals surface area (Å²) in [5, 5.41) is 7.70. The van der Waals surface area contributed by atoms with Gasteiger partial charge in [-0.1, -0.05) is 13.8 Å². The van der Waals surface area contributed by atoms with Crippen LogP contribution in [0.3, 0.4) is 0 Å². The summed E-state index contributed by atoms with van der Waals surface area (Å²) in [5.74, 6) is -0.297. The zero-order valence-electron chi connectivity index (χ0n) is 10.0. The highest BCUT2D eigenvalue weighted by molar-refractivity contribution is 5.94. The zero-order valence-corrected chi connectivity index (χ0v) is 10.0. The molecule has 1 aromatic heterocycles. The van der Waals surface area contributed by atoms with Crippen LogP contribution in [0.2, 0.25) is 0 Å². The van der Waals surface area contributed by atoms with Crippen molar-refractivity contribution in [2.24, 2.45) is 5.92 Å². The number of nitrogens with one attached hydrogen (secondary N) is 3. The van der Waals surface area contributed by atoms with Crippen LogP contribution in [0.15, 0.2) is 27.8 Å². The van der Waals surface area contributed by atoms with Gasteiger partial charge < -0.3 is 5.32 Å². The molecule has 1 amide bonds. The summed E-state index contributed by atoms with van der Waals surface area (Å²) in [5.41, 5.74) is -0.270. The monoisotopic (exact) mass is 247 g/mol. The van der Waals surface area contributed by atoms with Gasteiger partial charge in [0.1, 0.15) is 0 Å². The molecule has 2 aromatic rings. The van der Waals surface area contributed by atoms with Crippen molar-refractivity contribution < 1.29 is 4.79 Å². The summed E-state index contributed by atoms with van der Waals surface area (Å²) in [6.07, 6.45) is 0. The number of hydrogen-bond acceptors (Lipinski definition) is 3. The molecule has 0 aliphatic carbocycles. The maximum absolute atomic E-state index is 11.6. The molecule has 0 atom stereocenters. The molecule has 6 heteroatoms. The van der Waals surface area contributed by atoms with Gasteiger partial charge in [-0.2, -0.15) is 0 Å². The number of H-pyrrole nitrogens is 2. The first-order valence-corrected chi connectivity index (χ1v) is 5.54. The number of carbonyl (C=O) groups is 1. The molecule has 0 bridgehead atoms. The van der Waals surface area contributed by atoms with E-state index in [0.717, 1.165) is 0 Å². The maximum atomic E-state index is 11.6. The number of aromatic amines is 2. The Kier molecular flexibility index (Phi) is 3.01. The molecule has 1 heterocycles. The number of anilines is 1. The van der Waals surface area contributed by atoms with E-state index in [1.54, 1.807) is 19.9 Å². The van der Waals surface area contributed by atoms with Gasteiger partial charge in [-0.05, 0) is 18.2 Å². The van der Waals surface area contributed by atoms with Crippen molar-refractivity contribution in [3.63, 3.8) is 0 Å². The van der Waals surface area contributed by atoms with Crippen LogP contribution in [0, 0.1) is 5.92 Å². The highest BCUT2D eigenvalue weighted by Crippen LogP contribution is 2.13. The Morgan fingerprint density at radius 1 is 1.11 bits per heavy atom. The average Bonchev–Trinajstić information content (AvgIpc) is 2.34. The molecule has 0 spiro atoms. The van der Waals surface area contributed by atoms with Gasteiger partial charge in [-0.3, -0.25) is 24.6 Å². The lowest BCUT2D eigenvalue weighted by molar-refractivity contribution is -0.118. The highest BCUT2D eigenvalue weighted by atomic mass is 16.2. The Morgan fingerprint density at radius 3 is 2.33 bits per heavy atom. The van der Waals surface area contributed by atoms with Gasteiger partial charge in [0.05, 0.1) is 10.8 Å². The molecule has 0 unspecified atom stereocenters. The fourth-order valence-corrected chi connectivity index (χ4v) is 1.54. The third-order valence-electron chi connectivity index (χ3n) is 2.59. The van der Waals surface area contributed by atoms with Crippen molar-refractivity contribution in [3.05, 3.63) is 38.9 Å². The number of amides is 1. The Bertz CT molecular complexity index is 712. The predicted octanol–water partition coefficient (Wildman–Crippen LogP) is 0.811. The van der Waals surface area contributed by atoms with E-state index in [1.165, 1.54) is 12.1 Å². The summed E-state index contributed by atoms with van der Waals surface area (Å²) < 4.78 is 0. The van der Waals surface area contributed by atoms with E-state index >= 15 is 0 Å². The molecular weight excluding hydrogens is 234 g/mol. The number of rotatable bonds is 2. The predicted molar refractivity (Wildman–Crippen MR) is 68.7 cm³/mol. The van der Waals surface area contributed by atoms with Gasteiger partial charge in [0.25, 0.3) is 11.1 Å². The van der Waals surface area contributed by atoms with E-state index in [-0.39, 0.29) is 22.8 Å². The van der Waals surface area contributed by atoms with Crippen molar-refractivity contribution in [2.75, 3.05) is 5.32 Å². The van der Waals surface area contributed by atoms with Crippen LogP contribution >= 0.6 is 0 Å². The minimum atomic E-state index is -0.398. The normalized spacial score (nSPS) is 10.8. The van der Waals surface area contributed by atoms with Gasteiger partial charge >= 0.3 is 0 Å². The molecule has 0 radical (unpaired) electrons. The largest absolute Gasteiger partial charge is 0.326 e. The van der Waals surface area contributed by atoms with Gasteiger partial charge in [0, 0.05) is 11.6 Å². The van der Waals surface area contributed by atoms with Crippen LogP contribution in [0.5, 0.6) is 0 Å². The molecule has 2 rings (SSSR count). The highest BCUT2D eigenvalue weighted by Gasteiger charge is 2.09. The smallest absolute Gasteiger partial charge is 0.270 e. The molecule has 6 nitrogen and oxygen atoms in total. The van der Waals surface area contributed by atoms with Gasteiger partial charge in [-0.15, -0.1) is 0 Å². The Hall–Kier alpha value is -2.37. The third-order valence-corrected chi connectivity index (χ3v) is 2.59. The molecule has 0 saturated carbocycles. The van der Waals surface area contributed by atoms with Crippen molar-refractivity contribution in [2.45, 2.75) is 13.8 Å². The van der Waals surface area contributed by atoms with E-state index in [4.69, 9.17) is 0 Å². The number of hydrogen-bond donors (Lipinski definition) is 3. The second-order valence-corrected chi connectivity index (χ2v) is 4.31. The minimum Gasteiger partial charge on any atom is -0.326 e. The van der Waals surface area contributed by atoms with Crippen LogP contribution in [0.4, 0.5) is 5.69 Å². The van der Waals surface area contributed by atoms with E-state index in [2.05, 4.69) is 15.5 Å². The lowest BCUT2D eigenvalue weighted by Crippen LogP contribution is -2.20. The summed E-state index contributed by atoms with van der Waals surface area (Å²) >= 11 is 0. The lowest BCUT2D eigenvalue weighted by atomic mass is 10.1. The van der Waals surface area contributed by atoms with Crippen LogP contribution in [-0.2, 0) is 4.79 Å².